The molecular weight excluding hydrogens is 268 g/mol. The van der Waals surface area contributed by atoms with Gasteiger partial charge < -0.3 is 0 Å². The summed E-state index contributed by atoms with van der Waals surface area (Å²) < 4.78 is 2.79. The molecule has 15 heavy (non-hydrogen) atoms. The smallest absolute Gasteiger partial charge is 0.0395 e. The number of benzene rings is 2. The fraction of sp³-hybridized carbons (Fsp3) is 0.0769. The second-order valence-electron chi connectivity index (χ2n) is 3.53. The van der Waals surface area contributed by atoms with E-state index in [1.54, 1.807) is 0 Å². The summed E-state index contributed by atoms with van der Waals surface area (Å²) in [4.78, 5) is 0. The lowest BCUT2D eigenvalue weighted by molar-refractivity contribution is 1.52. The fourth-order valence-electron chi connectivity index (χ4n) is 1.91. The van der Waals surface area contributed by atoms with Gasteiger partial charge in [-0.25, -0.2) is 0 Å². The number of alkyl halides is 1. The van der Waals surface area contributed by atoms with E-state index in [2.05, 4.69) is 58.4 Å². The molecule has 0 saturated heterocycles. The normalized spacial score (nSPS) is 11.3. The van der Waals surface area contributed by atoms with Crippen molar-refractivity contribution in [3.8, 4) is 0 Å². The monoisotopic (exact) mass is 276 g/mol. The third kappa shape index (κ3) is 1.40. The molecule has 74 valence electrons. The Bertz CT molecular complexity index is 625. The highest BCUT2D eigenvalue weighted by Gasteiger charge is 2.06. The summed E-state index contributed by atoms with van der Waals surface area (Å²) in [6, 6.07) is 15.1. The van der Waals surface area contributed by atoms with Gasteiger partial charge in [0, 0.05) is 25.5 Å². The summed E-state index contributed by atoms with van der Waals surface area (Å²) >= 11 is 5.43. The zero-order valence-electron chi connectivity index (χ0n) is 8.03. The summed E-state index contributed by atoms with van der Waals surface area (Å²) in [5.41, 5.74) is 1.38. The van der Waals surface area contributed by atoms with Crippen LogP contribution in [0.2, 0.25) is 0 Å². The molecule has 0 N–H and O–H groups in total. The summed E-state index contributed by atoms with van der Waals surface area (Å²) in [5.74, 6) is 0. The van der Waals surface area contributed by atoms with E-state index in [4.69, 9.17) is 0 Å². The highest BCUT2D eigenvalue weighted by molar-refractivity contribution is 9.08. The van der Waals surface area contributed by atoms with Gasteiger partial charge in [-0.15, -0.1) is 11.3 Å². The minimum Gasteiger partial charge on any atom is -0.135 e. The molecule has 3 rings (SSSR count). The molecule has 2 aromatic carbocycles. The Morgan fingerprint density at radius 3 is 2.60 bits per heavy atom. The molecule has 0 nitrogen and oxygen atoms in total. The van der Waals surface area contributed by atoms with Gasteiger partial charge in [0.25, 0.3) is 0 Å². The minimum absolute atomic E-state index is 0.928. The molecule has 0 bridgehead atoms. The van der Waals surface area contributed by atoms with Crippen molar-refractivity contribution in [3.63, 3.8) is 0 Å². The van der Waals surface area contributed by atoms with Crippen molar-refractivity contribution in [1.29, 1.82) is 0 Å². The molecule has 0 fully saturated rings. The van der Waals surface area contributed by atoms with Crippen LogP contribution in [0.25, 0.3) is 20.2 Å². The Hall–Kier alpha value is -0.860. The minimum atomic E-state index is 0.928. The van der Waals surface area contributed by atoms with Gasteiger partial charge in [0.05, 0.1) is 0 Å². The molecular formula is C13H9BrS. The van der Waals surface area contributed by atoms with E-state index in [1.807, 2.05) is 11.3 Å². The molecule has 0 radical (unpaired) electrons. The van der Waals surface area contributed by atoms with Gasteiger partial charge in [-0.2, -0.15) is 0 Å². The van der Waals surface area contributed by atoms with Gasteiger partial charge in [-0.3, -0.25) is 0 Å². The molecule has 3 aromatic rings. The number of halogens is 1. The number of rotatable bonds is 1. The molecule has 1 aromatic heterocycles. The maximum absolute atomic E-state index is 3.54. The van der Waals surface area contributed by atoms with Crippen LogP contribution in [0, 0.1) is 0 Å². The molecule has 0 aliphatic carbocycles. The molecule has 0 unspecified atom stereocenters. The Balaban J connectivity index is 2.53. The van der Waals surface area contributed by atoms with Gasteiger partial charge in [0.1, 0.15) is 0 Å². The van der Waals surface area contributed by atoms with Gasteiger partial charge in [-0.05, 0) is 11.6 Å². The fourth-order valence-corrected chi connectivity index (χ4v) is 3.78. The number of fused-ring (bicyclic) bond motifs is 3. The van der Waals surface area contributed by atoms with Crippen molar-refractivity contribution in [1.82, 2.24) is 0 Å². The van der Waals surface area contributed by atoms with Crippen molar-refractivity contribution in [2.45, 2.75) is 5.33 Å². The van der Waals surface area contributed by atoms with Crippen LogP contribution in [0.5, 0.6) is 0 Å². The van der Waals surface area contributed by atoms with Crippen LogP contribution >= 0.6 is 27.3 Å². The first kappa shape index (κ1) is 9.37. The molecule has 0 saturated carbocycles. The van der Waals surface area contributed by atoms with Crippen molar-refractivity contribution in [3.05, 3.63) is 48.0 Å². The molecule has 2 heteroatoms. The van der Waals surface area contributed by atoms with Crippen LogP contribution < -0.4 is 0 Å². The number of hydrogen-bond acceptors (Lipinski definition) is 1. The topological polar surface area (TPSA) is 0 Å². The maximum Gasteiger partial charge on any atom is 0.0395 e. The Labute approximate surface area is 101 Å². The van der Waals surface area contributed by atoms with Crippen LogP contribution in [-0.2, 0) is 5.33 Å². The van der Waals surface area contributed by atoms with Crippen LogP contribution in [0.15, 0.2) is 42.5 Å². The molecule has 0 spiro atoms. The molecule has 0 aliphatic heterocycles. The van der Waals surface area contributed by atoms with E-state index in [0.29, 0.717) is 0 Å². The predicted molar refractivity (Wildman–Crippen MR) is 72.0 cm³/mol. The van der Waals surface area contributed by atoms with E-state index in [1.165, 1.54) is 25.7 Å². The van der Waals surface area contributed by atoms with Crippen LogP contribution in [0.1, 0.15) is 5.56 Å². The van der Waals surface area contributed by atoms with E-state index in [9.17, 15) is 0 Å². The zero-order chi connectivity index (χ0) is 10.3. The summed E-state index contributed by atoms with van der Waals surface area (Å²) in [6.45, 7) is 0. The second-order valence-corrected chi connectivity index (χ2v) is 5.14. The lowest BCUT2D eigenvalue weighted by Crippen LogP contribution is -1.75. The molecule has 0 amide bonds. The second kappa shape index (κ2) is 3.62. The van der Waals surface area contributed by atoms with Crippen molar-refractivity contribution in [2.24, 2.45) is 0 Å². The average Bonchev–Trinajstić information content (AvgIpc) is 2.67. The molecule has 1 heterocycles. The number of thiophene rings is 1. The predicted octanol–water partition coefficient (Wildman–Crippen LogP) is 4.95. The lowest BCUT2D eigenvalue weighted by atomic mass is 10.1. The first-order valence-corrected chi connectivity index (χ1v) is 6.79. The highest BCUT2D eigenvalue weighted by Crippen LogP contribution is 2.36. The van der Waals surface area contributed by atoms with Crippen molar-refractivity contribution in [2.75, 3.05) is 0 Å². The van der Waals surface area contributed by atoms with E-state index >= 15 is 0 Å². The summed E-state index contributed by atoms with van der Waals surface area (Å²) in [7, 11) is 0. The first-order chi connectivity index (χ1) is 7.40. The average molecular weight is 277 g/mol. The van der Waals surface area contributed by atoms with Crippen LogP contribution in [0.4, 0.5) is 0 Å². The summed E-state index contributed by atoms with van der Waals surface area (Å²) in [5, 5.41) is 3.69. The van der Waals surface area contributed by atoms with Crippen molar-refractivity contribution < 1.29 is 0 Å². The van der Waals surface area contributed by atoms with E-state index in [0.717, 1.165) is 5.33 Å². The quantitative estimate of drug-likeness (QED) is 0.552. The standard InChI is InChI=1S/C13H9BrS/c14-8-9-4-3-6-11-10-5-1-2-7-12(10)15-13(9)11/h1-7H,8H2. The summed E-state index contributed by atoms with van der Waals surface area (Å²) in [6.07, 6.45) is 0. The van der Waals surface area contributed by atoms with Crippen LogP contribution in [0.3, 0.4) is 0 Å². The molecule has 0 aliphatic rings. The van der Waals surface area contributed by atoms with Gasteiger partial charge >= 0.3 is 0 Å². The maximum atomic E-state index is 3.54. The Kier molecular flexibility index (Phi) is 2.26. The molecule has 0 atom stereocenters. The van der Waals surface area contributed by atoms with E-state index in [-0.39, 0.29) is 0 Å². The lowest BCUT2D eigenvalue weighted by Gasteiger charge is -1.96. The highest BCUT2D eigenvalue weighted by atomic mass is 79.9. The van der Waals surface area contributed by atoms with E-state index < -0.39 is 0 Å². The Morgan fingerprint density at radius 2 is 1.73 bits per heavy atom. The third-order valence-corrected chi connectivity index (χ3v) is 4.50. The van der Waals surface area contributed by atoms with Crippen molar-refractivity contribution >= 4 is 47.4 Å². The van der Waals surface area contributed by atoms with Gasteiger partial charge in [0.2, 0.25) is 0 Å². The largest absolute Gasteiger partial charge is 0.135 e. The van der Waals surface area contributed by atoms with Crippen LogP contribution in [-0.4, -0.2) is 0 Å². The SMILES string of the molecule is BrCc1cccc2c1sc1ccccc12. The van der Waals surface area contributed by atoms with Gasteiger partial charge in [-0.1, -0.05) is 52.3 Å². The Morgan fingerprint density at radius 1 is 0.933 bits per heavy atom. The first-order valence-electron chi connectivity index (χ1n) is 4.85. The van der Waals surface area contributed by atoms with Gasteiger partial charge in [0.15, 0.2) is 0 Å². The zero-order valence-corrected chi connectivity index (χ0v) is 10.4. The third-order valence-electron chi connectivity index (χ3n) is 2.63. The number of hydrogen-bond donors (Lipinski definition) is 0.